The maximum Gasteiger partial charge on any atom is 0.222 e. The Hall–Kier alpha value is -2.35. The van der Waals surface area contributed by atoms with Gasteiger partial charge in [0.1, 0.15) is 0 Å². The van der Waals surface area contributed by atoms with Crippen LogP contribution in [-0.2, 0) is 11.2 Å². The predicted octanol–water partition coefficient (Wildman–Crippen LogP) is 4.81. The second-order valence-electron chi connectivity index (χ2n) is 7.17. The third-order valence-electron chi connectivity index (χ3n) is 5.83. The summed E-state index contributed by atoms with van der Waals surface area (Å²) in [4.78, 5) is 14.8. The van der Waals surface area contributed by atoms with Crippen LogP contribution in [0.1, 0.15) is 49.3 Å². The van der Waals surface area contributed by atoms with E-state index >= 15 is 0 Å². The van der Waals surface area contributed by atoms with Crippen LogP contribution in [0.3, 0.4) is 0 Å². The van der Waals surface area contributed by atoms with Gasteiger partial charge in [0.25, 0.3) is 0 Å². The Kier molecular flexibility index (Phi) is 4.20. The smallest absolute Gasteiger partial charge is 0.222 e. The molecule has 0 spiro atoms. The summed E-state index contributed by atoms with van der Waals surface area (Å²) in [5, 5.41) is 0. The molecule has 2 atom stereocenters. The summed E-state index contributed by atoms with van der Waals surface area (Å²) < 4.78 is 0. The molecule has 2 aromatic carbocycles. The number of carbonyl (C=O) groups is 1. The van der Waals surface area contributed by atoms with E-state index in [1.54, 1.807) is 0 Å². The van der Waals surface area contributed by atoms with Crippen molar-refractivity contribution in [3.05, 3.63) is 76.9 Å². The van der Waals surface area contributed by atoms with Crippen LogP contribution in [0.5, 0.6) is 0 Å². The molecule has 0 saturated heterocycles. The van der Waals surface area contributed by atoms with Crippen molar-refractivity contribution < 1.29 is 4.79 Å². The first-order valence-corrected chi connectivity index (χ1v) is 9.35. The lowest BCUT2D eigenvalue weighted by atomic mass is 9.82. The number of amides is 1. The van der Waals surface area contributed by atoms with E-state index in [-0.39, 0.29) is 11.9 Å². The monoisotopic (exact) mass is 331 g/mol. The second kappa shape index (κ2) is 6.51. The molecule has 2 nitrogen and oxygen atoms in total. The quantitative estimate of drug-likeness (QED) is 0.790. The number of fused-ring (bicyclic) bond motifs is 2. The minimum atomic E-state index is 0.172. The van der Waals surface area contributed by atoms with Gasteiger partial charge in [0.2, 0.25) is 5.91 Å². The minimum Gasteiger partial charge on any atom is -0.335 e. The fourth-order valence-electron chi connectivity index (χ4n) is 4.58. The van der Waals surface area contributed by atoms with Gasteiger partial charge in [-0.3, -0.25) is 4.79 Å². The summed E-state index contributed by atoms with van der Waals surface area (Å²) in [6.07, 6.45) is 2.55. The van der Waals surface area contributed by atoms with Crippen molar-refractivity contribution >= 4 is 11.5 Å². The van der Waals surface area contributed by atoms with Crippen LogP contribution in [0.4, 0.5) is 0 Å². The Morgan fingerprint density at radius 2 is 1.84 bits per heavy atom. The molecule has 0 bridgehead atoms. The van der Waals surface area contributed by atoms with Crippen LogP contribution >= 0.6 is 0 Å². The average Bonchev–Trinajstić information content (AvgIpc) is 3.05. The van der Waals surface area contributed by atoms with Crippen LogP contribution in [0.2, 0.25) is 0 Å². The first-order valence-electron chi connectivity index (χ1n) is 9.35. The average molecular weight is 331 g/mol. The fourth-order valence-corrected chi connectivity index (χ4v) is 4.58. The third-order valence-corrected chi connectivity index (χ3v) is 5.83. The summed E-state index contributed by atoms with van der Waals surface area (Å²) in [6.45, 7) is 5.08. The van der Waals surface area contributed by atoms with E-state index < -0.39 is 0 Å². The summed E-state index contributed by atoms with van der Waals surface area (Å²) >= 11 is 0. The number of hydrogen-bond donors (Lipinski definition) is 0. The van der Waals surface area contributed by atoms with E-state index in [0.717, 1.165) is 19.4 Å². The summed E-state index contributed by atoms with van der Waals surface area (Å²) in [5.74, 6) is 0.576. The summed E-state index contributed by atoms with van der Waals surface area (Å²) in [7, 11) is 0. The molecule has 0 aromatic heterocycles. The number of nitrogens with zero attached hydrogens (tertiary/aromatic N) is 1. The van der Waals surface area contributed by atoms with Gasteiger partial charge in [-0.05, 0) is 40.7 Å². The Bertz CT molecular complexity index is 821. The van der Waals surface area contributed by atoms with Gasteiger partial charge in [-0.1, -0.05) is 68.4 Å². The summed E-state index contributed by atoms with van der Waals surface area (Å²) in [6, 6.07) is 19.6. The second-order valence-corrected chi connectivity index (χ2v) is 7.17. The van der Waals surface area contributed by atoms with Gasteiger partial charge in [-0.15, -0.1) is 0 Å². The highest BCUT2D eigenvalue weighted by Gasteiger charge is 2.39. The molecular formula is C23H25NO. The molecule has 1 aliphatic carbocycles. The van der Waals surface area contributed by atoms with Crippen LogP contribution in [0, 0.1) is 0 Å². The minimum absolute atomic E-state index is 0.172. The molecule has 2 aromatic rings. The molecule has 25 heavy (non-hydrogen) atoms. The number of benzene rings is 2. The van der Waals surface area contributed by atoms with E-state index in [1.807, 2.05) is 6.92 Å². The first-order chi connectivity index (χ1) is 12.2. The summed E-state index contributed by atoms with van der Waals surface area (Å²) in [5.41, 5.74) is 7.09. The Labute approximate surface area is 150 Å². The van der Waals surface area contributed by atoms with E-state index in [4.69, 9.17) is 0 Å². The van der Waals surface area contributed by atoms with Gasteiger partial charge in [-0.25, -0.2) is 0 Å². The Morgan fingerprint density at radius 1 is 1.12 bits per heavy atom. The molecular weight excluding hydrogens is 306 g/mol. The maximum absolute atomic E-state index is 12.7. The van der Waals surface area contributed by atoms with Crippen molar-refractivity contribution in [2.45, 2.75) is 45.1 Å². The van der Waals surface area contributed by atoms with Gasteiger partial charge in [-0.2, -0.15) is 0 Å². The molecule has 0 saturated carbocycles. The van der Waals surface area contributed by atoms with Crippen LogP contribution < -0.4 is 0 Å². The molecule has 1 aliphatic heterocycles. The standard InChI is InChI=1S/C23H25NO/c1-3-22(25)24-14-13-20-19-12-8-7-11-18(19)15-21(20)23(24)16(2)17-9-5-4-6-10-17/h4-12,16,23H,3,13-15H2,1-2H3. The first kappa shape index (κ1) is 16.1. The lowest BCUT2D eigenvalue weighted by molar-refractivity contribution is -0.133. The van der Waals surface area contributed by atoms with Crippen molar-refractivity contribution in [3.8, 4) is 0 Å². The van der Waals surface area contributed by atoms with E-state index in [1.165, 1.54) is 27.8 Å². The van der Waals surface area contributed by atoms with Crippen molar-refractivity contribution in [2.24, 2.45) is 0 Å². The highest BCUT2D eigenvalue weighted by atomic mass is 16.2. The molecule has 2 heteroatoms. The topological polar surface area (TPSA) is 20.3 Å². The molecule has 2 aliphatic rings. The van der Waals surface area contributed by atoms with Crippen molar-refractivity contribution in [3.63, 3.8) is 0 Å². The number of hydrogen-bond acceptors (Lipinski definition) is 1. The molecule has 2 unspecified atom stereocenters. The van der Waals surface area contributed by atoms with Gasteiger partial charge >= 0.3 is 0 Å². The maximum atomic E-state index is 12.7. The largest absolute Gasteiger partial charge is 0.335 e. The van der Waals surface area contributed by atoms with Gasteiger partial charge in [0.05, 0.1) is 6.04 Å². The lowest BCUT2D eigenvalue weighted by Crippen LogP contribution is -2.47. The molecule has 128 valence electrons. The Balaban J connectivity index is 1.78. The molecule has 0 radical (unpaired) electrons. The van der Waals surface area contributed by atoms with Crippen LogP contribution in [0.15, 0.2) is 60.2 Å². The molecule has 0 fully saturated rings. The van der Waals surface area contributed by atoms with Crippen molar-refractivity contribution in [2.75, 3.05) is 6.54 Å². The molecule has 0 N–H and O–H groups in total. The SMILES string of the molecule is CCC(=O)N1CCC2=C(Cc3ccccc32)C1C(C)c1ccccc1. The van der Waals surface area contributed by atoms with Crippen LogP contribution in [0.25, 0.3) is 5.57 Å². The normalized spacial score (nSPS) is 20.2. The van der Waals surface area contributed by atoms with Crippen LogP contribution in [-0.4, -0.2) is 23.4 Å². The van der Waals surface area contributed by atoms with Crippen molar-refractivity contribution in [1.29, 1.82) is 0 Å². The predicted molar refractivity (Wildman–Crippen MR) is 102 cm³/mol. The highest BCUT2D eigenvalue weighted by molar-refractivity contribution is 5.83. The number of rotatable bonds is 3. The van der Waals surface area contributed by atoms with E-state index in [0.29, 0.717) is 12.3 Å². The third kappa shape index (κ3) is 2.70. The fraction of sp³-hybridized carbons (Fsp3) is 0.348. The zero-order valence-corrected chi connectivity index (χ0v) is 15.0. The van der Waals surface area contributed by atoms with Gasteiger partial charge in [0, 0.05) is 18.9 Å². The van der Waals surface area contributed by atoms with E-state index in [2.05, 4.69) is 66.4 Å². The zero-order chi connectivity index (χ0) is 17.4. The highest BCUT2D eigenvalue weighted by Crippen LogP contribution is 2.44. The zero-order valence-electron chi connectivity index (χ0n) is 15.0. The van der Waals surface area contributed by atoms with Gasteiger partial charge < -0.3 is 4.90 Å². The van der Waals surface area contributed by atoms with Gasteiger partial charge in [0.15, 0.2) is 0 Å². The molecule has 1 amide bonds. The molecule has 1 heterocycles. The lowest BCUT2D eigenvalue weighted by Gasteiger charge is -2.41. The number of carbonyl (C=O) groups excluding carboxylic acids is 1. The molecule has 4 rings (SSSR count). The van der Waals surface area contributed by atoms with E-state index in [9.17, 15) is 4.79 Å². The Morgan fingerprint density at radius 3 is 2.60 bits per heavy atom. The van der Waals surface area contributed by atoms with Crippen molar-refractivity contribution in [1.82, 2.24) is 4.90 Å².